The van der Waals surface area contributed by atoms with Crippen LogP contribution in [0.3, 0.4) is 0 Å². The maximum Gasteiger partial charge on any atom is 0.310 e. The van der Waals surface area contributed by atoms with Gasteiger partial charge in [0.1, 0.15) is 0 Å². The van der Waals surface area contributed by atoms with Crippen LogP contribution in [0, 0.1) is 0 Å². The summed E-state index contributed by atoms with van der Waals surface area (Å²) in [5.74, 6) is -0.480. The molecule has 0 fully saturated rings. The predicted molar refractivity (Wildman–Crippen MR) is 41.3 cm³/mol. The minimum atomic E-state index is -0.696. The van der Waals surface area contributed by atoms with E-state index in [1.165, 1.54) is 0 Å². The third kappa shape index (κ3) is 4.56. The molecule has 0 aliphatic heterocycles. The average Bonchev–Trinajstić information content (AvgIpc) is 1.87. The number of hydrogen-bond acceptors (Lipinski definition) is 3. The molecule has 0 heterocycles. The van der Waals surface area contributed by atoms with Crippen molar-refractivity contribution >= 4 is 22.8 Å². The van der Waals surface area contributed by atoms with E-state index in [4.69, 9.17) is 11.6 Å². The highest BCUT2D eigenvalue weighted by Gasteiger charge is 2.09. The molecule has 0 spiro atoms. The molecule has 0 N–H and O–H groups in total. The monoisotopic (exact) mass is 176 g/mol. The van der Waals surface area contributed by atoms with E-state index in [0.717, 1.165) is 0 Å². The van der Waals surface area contributed by atoms with Crippen molar-refractivity contribution in [3.8, 4) is 0 Å². The van der Waals surface area contributed by atoms with Crippen LogP contribution in [0.1, 0.15) is 13.3 Å². The number of carbonyl (C=O) groups excluding carboxylic acids is 2. The van der Waals surface area contributed by atoms with Crippen molar-refractivity contribution in [3.63, 3.8) is 0 Å². The first kappa shape index (κ1) is 10.2. The molecule has 0 atom stereocenters. The summed E-state index contributed by atoms with van der Waals surface area (Å²) in [6.45, 7) is 5.27. The summed E-state index contributed by atoms with van der Waals surface area (Å²) >= 11 is 5.03. The fourth-order valence-corrected chi connectivity index (χ4v) is 0.523. The summed E-state index contributed by atoms with van der Waals surface area (Å²) < 4.78 is 4.55. The average molecular weight is 177 g/mol. The lowest BCUT2D eigenvalue weighted by molar-refractivity contribution is -0.142. The Bertz CT molecular complexity index is 186. The molecule has 62 valence electrons. The van der Waals surface area contributed by atoms with Crippen LogP contribution in [0.25, 0.3) is 0 Å². The van der Waals surface area contributed by atoms with Crippen LogP contribution in [0.4, 0.5) is 0 Å². The molecule has 0 aromatic carbocycles. The standard InChI is InChI=1S/C7H9ClO3/c1-3-11-6(9)4-5(2)7(8)10/h2-4H2,1H3. The molecule has 0 amide bonds. The van der Waals surface area contributed by atoms with Crippen LogP contribution < -0.4 is 0 Å². The second-order valence-electron chi connectivity index (χ2n) is 1.86. The van der Waals surface area contributed by atoms with Crippen molar-refractivity contribution < 1.29 is 14.3 Å². The highest BCUT2D eigenvalue weighted by atomic mass is 35.5. The summed E-state index contributed by atoms with van der Waals surface area (Å²) in [7, 11) is 0. The Morgan fingerprint density at radius 2 is 2.09 bits per heavy atom. The van der Waals surface area contributed by atoms with Gasteiger partial charge in [-0.3, -0.25) is 9.59 Å². The van der Waals surface area contributed by atoms with Crippen LogP contribution in [0.5, 0.6) is 0 Å². The Labute approximate surface area is 70.0 Å². The molecule has 0 saturated carbocycles. The maximum atomic E-state index is 10.7. The van der Waals surface area contributed by atoms with Gasteiger partial charge >= 0.3 is 5.97 Å². The zero-order chi connectivity index (χ0) is 8.85. The highest BCUT2D eigenvalue weighted by molar-refractivity contribution is 6.67. The molecule has 0 aromatic heterocycles. The second kappa shape index (κ2) is 4.91. The van der Waals surface area contributed by atoms with E-state index in [-0.39, 0.29) is 12.0 Å². The molecule has 0 bridgehead atoms. The summed E-state index contributed by atoms with van der Waals surface area (Å²) in [4.78, 5) is 21.0. The summed E-state index contributed by atoms with van der Waals surface area (Å²) in [5, 5.41) is -0.696. The van der Waals surface area contributed by atoms with Gasteiger partial charge in [-0.05, 0) is 18.5 Å². The van der Waals surface area contributed by atoms with Crippen molar-refractivity contribution in [3.05, 3.63) is 12.2 Å². The van der Waals surface area contributed by atoms with Crippen molar-refractivity contribution in [2.45, 2.75) is 13.3 Å². The molecule has 11 heavy (non-hydrogen) atoms. The third-order valence-corrected chi connectivity index (χ3v) is 1.21. The van der Waals surface area contributed by atoms with E-state index in [1.54, 1.807) is 6.92 Å². The largest absolute Gasteiger partial charge is 0.466 e. The van der Waals surface area contributed by atoms with Crippen LogP contribution in [-0.4, -0.2) is 17.8 Å². The predicted octanol–water partition coefficient (Wildman–Crippen LogP) is 1.26. The Morgan fingerprint density at radius 3 is 2.45 bits per heavy atom. The van der Waals surface area contributed by atoms with Gasteiger partial charge in [0.05, 0.1) is 13.0 Å². The summed E-state index contributed by atoms with van der Waals surface area (Å²) in [6, 6.07) is 0. The van der Waals surface area contributed by atoms with Crippen molar-refractivity contribution in [1.29, 1.82) is 0 Å². The van der Waals surface area contributed by atoms with Gasteiger partial charge in [0.2, 0.25) is 5.24 Å². The molecule has 0 unspecified atom stereocenters. The van der Waals surface area contributed by atoms with Crippen LogP contribution in [0.15, 0.2) is 12.2 Å². The van der Waals surface area contributed by atoms with Gasteiger partial charge in [-0.2, -0.15) is 0 Å². The van der Waals surface area contributed by atoms with Gasteiger partial charge in [-0.25, -0.2) is 0 Å². The zero-order valence-electron chi connectivity index (χ0n) is 6.22. The molecule has 0 aliphatic carbocycles. The van der Waals surface area contributed by atoms with Gasteiger partial charge in [-0.1, -0.05) is 6.58 Å². The highest BCUT2D eigenvalue weighted by Crippen LogP contribution is 2.03. The number of ether oxygens (including phenoxy) is 1. The minimum absolute atomic E-state index is 0.0603. The molecular weight excluding hydrogens is 168 g/mol. The van der Waals surface area contributed by atoms with Crippen LogP contribution in [0.2, 0.25) is 0 Å². The lowest BCUT2D eigenvalue weighted by Gasteiger charge is -1.99. The quantitative estimate of drug-likeness (QED) is 0.368. The fourth-order valence-electron chi connectivity index (χ4n) is 0.456. The Morgan fingerprint density at radius 1 is 1.55 bits per heavy atom. The van der Waals surface area contributed by atoms with Gasteiger partial charge in [-0.15, -0.1) is 0 Å². The smallest absolute Gasteiger partial charge is 0.310 e. The van der Waals surface area contributed by atoms with E-state index in [9.17, 15) is 9.59 Å². The molecule has 4 heteroatoms. The Hall–Kier alpha value is -0.830. The van der Waals surface area contributed by atoms with Gasteiger partial charge in [0.25, 0.3) is 0 Å². The molecule has 0 aromatic rings. The topological polar surface area (TPSA) is 43.4 Å². The summed E-state index contributed by atoms with van der Waals surface area (Å²) in [6.07, 6.45) is -0.129. The SMILES string of the molecule is C=C(CC(=O)OCC)C(=O)Cl. The number of rotatable bonds is 4. The minimum Gasteiger partial charge on any atom is -0.466 e. The first-order valence-electron chi connectivity index (χ1n) is 3.11. The lowest BCUT2D eigenvalue weighted by Crippen LogP contribution is -2.07. The van der Waals surface area contributed by atoms with Crippen molar-refractivity contribution in [1.82, 2.24) is 0 Å². The van der Waals surface area contributed by atoms with E-state index < -0.39 is 11.2 Å². The first-order chi connectivity index (χ1) is 5.07. The van der Waals surface area contributed by atoms with Crippen LogP contribution in [-0.2, 0) is 14.3 Å². The van der Waals surface area contributed by atoms with E-state index >= 15 is 0 Å². The zero-order valence-corrected chi connectivity index (χ0v) is 6.98. The van der Waals surface area contributed by atoms with Crippen molar-refractivity contribution in [2.75, 3.05) is 6.61 Å². The normalized spacial score (nSPS) is 8.91. The number of hydrogen-bond donors (Lipinski definition) is 0. The number of esters is 1. The molecule has 0 radical (unpaired) electrons. The number of halogens is 1. The number of carbonyl (C=O) groups is 2. The Kier molecular flexibility index (Phi) is 4.54. The fraction of sp³-hybridized carbons (Fsp3) is 0.429. The van der Waals surface area contributed by atoms with Crippen molar-refractivity contribution in [2.24, 2.45) is 0 Å². The second-order valence-corrected chi connectivity index (χ2v) is 2.20. The molecule has 0 aliphatic rings. The first-order valence-corrected chi connectivity index (χ1v) is 3.49. The van der Waals surface area contributed by atoms with Crippen LogP contribution >= 0.6 is 11.6 Å². The van der Waals surface area contributed by atoms with E-state index in [2.05, 4.69) is 11.3 Å². The van der Waals surface area contributed by atoms with E-state index in [1.807, 2.05) is 0 Å². The molecule has 0 rings (SSSR count). The molecular formula is C7H9ClO3. The van der Waals surface area contributed by atoms with Gasteiger partial charge < -0.3 is 4.74 Å². The third-order valence-electron chi connectivity index (χ3n) is 0.941. The maximum absolute atomic E-state index is 10.7. The summed E-state index contributed by atoms with van der Waals surface area (Å²) in [5.41, 5.74) is 0.0603. The van der Waals surface area contributed by atoms with E-state index in [0.29, 0.717) is 6.61 Å². The molecule has 0 saturated heterocycles. The molecule has 3 nitrogen and oxygen atoms in total. The lowest BCUT2D eigenvalue weighted by atomic mass is 10.2. The Balaban J connectivity index is 3.76. The van der Waals surface area contributed by atoms with Gasteiger partial charge in [0, 0.05) is 5.57 Å². The van der Waals surface area contributed by atoms with Gasteiger partial charge in [0.15, 0.2) is 0 Å².